The number of amides is 1. The molecule has 0 aromatic carbocycles. The smallest absolute Gasteiger partial charge is 0.224 e. The lowest BCUT2D eigenvalue weighted by Crippen LogP contribution is -2.45. The lowest BCUT2D eigenvalue weighted by molar-refractivity contribution is -0.125. The molecule has 8 heteroatoms. The van der Waals surface area contributed by atoms with E-state index < -0.39 is 0 Å². The van der Waals surface area contributed by atoms with Crippen LogP contribution in [0.25, 0.3) is 10.2 Å². The van der Waals surface area contributed by atoms with E-state index in [9.17, 15) is 9.90 Å². The molecule has 1 amide bonds. The van der Waals surface area contributed by atoms with Gasteiger partial charge in [0.1, 0.15) is 17.0 Å². The fourth-order valence-corrected chi connectivity index (χ4v) is 4.44. The number of β-amino-alcohol motifs (C(OH)–C–C–N with tert-alkyl or cyclic N) is 1. The Kier molecular flexibility index (Phi) is 4.82. The molecule has 4 rings (SSSR count). The molecule has 134 valence electrons. The summed E-state index contributed by atoms with van der Waals surface area (Å²) in [6.45, 7) is 3.50. The van der Waals surface area contributed by atoms with Crippen LogP contribution in [0.3, 0.4) is 0 Å². The fourth-order valence-electron chi connectivity index (χ4n) is 3.72. The first kappa shape index (κ1) is 16.7. The molecule has 0 saturated carbocycles. The minimum atomic E-state index is -0.365. The van der Waals surface area contributed by atoms with E-state index >= 15 is 0 Å². The van der Waals surface area contributed by atoms with Crippen molar-refractivity contribution in [3.63, 3.8) is 0 Å². The molecule has 0 radical (unpaired) electrons. The van der Waals surface area contributed by atoms with Crippen molar-refractivity contribution in [1.29, 1.82) is 0 Å². The number of piperidine rings is 1. The van der Waals surface area contributed by atoms with Gasteiger partial charge in [0, 0.05) is 38.6 Å². The van der Waals surface area contributed by atoms with Gasteiger partial charge in [0.15, 0.2) is 0 Å². The first-order chi connectivity index (χ1) is 12.2. The van der Waals surface area contributed by atoms with Crippen LogP contribution in [0.1, 0.15) is 12.8 Å². The highest BCUT2D eigenvalue weighted by Gasteiger charge is 2.30. The van der Waals surface area contributed by atoms with Crippen molar-refractivity contribution >= 4 is 33.3 Å². The Balaban J connectivity index is 1.40. The SMILES string of the molecule is O=C(NCC1CNCC1O)C1CCCN(c2ncnc3sccc23)C1. The van der Waals surface area contributed by atoms with Crippen LogP contribution in [0, 0.1) is 11.8 Å². The summed E-state index contributed by atoms with van der Waals surface area (Å²) in [5.41, 5.74) is 0. The van der Waals surface area contributed by atoms with Gasteiger partial charge >= 0.3 is 0 Å². The van der Waals surface area contributed by atoms with E-state index in [0.717, 1.165) is 42.0 Å². The third-order valence-corrected chi connectivity index (χ3v) is 6.00. The molecule has 0 bridgehead atoms. The Bertz CT molecular complexity index is 751. The minimum absolute atomic E-state index is 0.0380. The second-order valence-electron chi connectivity index (χ2n) is 6.85. The highest BCUT2D eigenvalue weighted by atomic mass is 32.1. The number of aromatic nitrogens is 2. The molecule has 2 aromatic heterocycles. The van der Waals surface area contributed by atoms with Crippen molar-refractivity contribution in [1.82, 2.24) is 20.6 Å². The molecule has 3 unspecified atom stereocenters. The van der Waals surface area contributed by atoms with Crippen molar-refractivity contribution in [2.75, 3.05) is 37.6 Å². The highest BCUT2D eigenvalue weighted by molar-refractivity contribution is 7.16. The number of thiophene rings is 1. The molecule has 0 spiro atoms. The van der Waals surface area contributed by atoms with E-state index in [1.54, 1.807) is 17.7 Å². The number of hydrogen-bond donors (Lipinski definition) is 3. The van der Waals surface area contributed by atoms with Crippen LogP contribution < -0.4 is 15.5 Å². The average molecular weight is 361 g/mol. The van der Waals surface area contributed by atoms with E-state index in [-0.39, 0.29) is 23.8 Å². The molecule has 2 aliphatic heterocycles. The number of carbonyl (C=O) groups excluding carboxylic acids is 1. The number of carbonyl (C=O) groups is 1. The van der Waals surface area contributed by atoms with Gasteiger partial charge in [0.25, 0.3) is 0 Å². The van der Waals surface area contributed by atoms with E-state index in [0.29, 0.717) is 19.6 Å². The fraction of sp³-hybridized carbons (Fsp3) is 0.588. The molecular formula is C17H23N5O2S. The van der Waals surface area contributed by atoms with Gasteiger partial charge in [-0.3, -0.25) is 4.79 Å². The minimum Gasteiger partial charge on any atom is -0.391 e. The molecule has 7 nitrogen and oxygen atoms in total. The lowest BCUT2D eigenvalue weighted by atomic mass is 9.96. The Morgan fingerprint density at radius 1 is 1.44 bits per heavy atom. The van der Waals surface area contributed by atoms with Crippen molar-refractivity contribution in [3.8, 4) is 0 Å². The lowest BCUT2D eigenvalue weighted by Gasteiger charge is -2.33. The summed E-state index contributed by atoms with van der Waals surface area (Å²) in [5.74, 6) is 1.08. The largest absolute Gasteiger partial charge is 0.391 e. The summed E-state index contributed by atoms with van der Waals surface area (Å²) >= 11 is 1.61. The van der Waals surface area contributed by atoms with Crippen LogP contribution in [0.4, 0.5) is 5.82 Å². The number of aliphatic hydroxyl groups excluding tert-OH is 1. The number of aliphatic hydroxyl groups is 1. The molecular weight excluding hydrogens is 338 g/mol. The van der Waals surface area contributed by atoms with Gasteiger partial charge in [0.2, 0.25) is 5.91 Å². The second-order valence-corrected chi connectivity index (χ2v) is 7.75. The van der Waals surface area contributed by atoms with Crippen LogP contribution in [0.2, 0.25) is 0 Å². The summed E-state index contributed by atoms with van der Waals surface area (Å²) in [6, 6.07) is 2.05. The summed E-state index contributed by atoms with van der Waals surface area (Å²) in [5, 5.41) is 19.1. The number of fused-ring (bicyclic) bond motifs is 1. The van der Waals surface area contributed by atoms with Gasteiger partial charge in [-0.25, -0.2) is 9.97 Å². The zero-order valence-corrected chi connectivity index (χ0v) is 14.8. The maximum atomic E-state index is 12.6. The molecule has 2 aromatic rings. The van der Waals surface area contributed by atoms with E-state index in [1.807, 2.05) is 11.4 Å². The van der Waals surface area contributed by atoms with Gasteiger partial charge in [-0.1, -0.05) is 0 Å². The predicted molar refractivity (Wildman–Crippen MR) is 97.7 cm³/mol. The first-order valence-corrected chi connectivity index (χ1v) is 9.70. The van der Waals surface area contributed by atoms with Crippen molar-refractivity contribution < 1.29 is 9.90 Å². The zero-order valence-electron chi connectivity index (χ0n) is 14.0. The third-order valence-electron chi connectivity index (χ3n) is 5.18. The van der Waals surface area contributed by atoms with Crippen molar-refractivity contribution in [2.24, 2.45) is 11.8 Å². The maximum Gasteiger partial charge on any atom is 0.224 e. The number of rotatable bonds is 4. The molecule has 4 heterocycles. The standard InChI is InChI=1S/C17H23N5O2S/c23-14-8-18-6-12(14)7-19-16(24)11-2-1-4-22(9-11)15-13-3-5-25-17(13)21-10-20-15/h3,5,10-12,14,18,23H,1-2,4,6-9H2,(H,19,24). The Labute approximate surface area is 150 Å². The topological polar surface area (TPSA) is 90.4 Å². The van der Waals surface area contributed by atoms with Gasteiger partial charge in [-0.2, -0.15) is 0 Å². The molecule has 3 N–H and O–H groups in total. The maximum absolute atomic E-state index is 12.6. The normalized spacial score (nSPS) is 26.9. The molecule has 2 saturated heterocycles. The molecule has 0 aliphatic carbocycles. The van der Waals surface area contributed by atoms with Gasteiger partial charge in [-0.15, -0.1) is 11.3 Å². The Hall–Kier alpha value is -1.77. The molecule has 25 heavy (non-hydrogen) atoms. The van der Waals surface area contributed by atoms with Crippen LogP contribution >= 0.6 is 11.3 Å². The number of anilines is 1. The van der Waals surface area contributed by atoms with Crippen LogP contribution in [-0.2, 0) is 4.79 Å². The Morgan fingerprint density at radius 3 is 3.20 bits per heavy atom. The van der Waals surface area contributed by atoms with E-state index in [1.165, 1.54) is 0 Å². The molecule has 2 fully saturated rings. The predicted octanol–water partition coefficient (Wildman–Crippen LogP) is 0.604. The number of hydrogen-bond acceptors (Lipinski definition) is 7. The highest BCUT2D eigenvalue weighted by Crippen LogP contribution is 2.29. The first-order valence-electron chi connectivity index (χ1n) is 8.82. The van der Waals surface area contributed by atoms with Crippen LogP contribution in [-0.4, -0.2) is 59.8 Å². The Morgan fingerprint density at radius 2 is 2.36 bits per heavy atom. The van der Waals surface area contributed by atoms with Gasteiger partial charge in [0.05, 0.1) is 17.4 Å². The van der Waals surface area contributed by atoms with Gasteiger partial charge in [-0.05, 0) is 24.3 Å². The van der Waals surface area contributed by atoms with E-state index in [2.05, 4.69) is 25.5 Å². The van der Waals surface area contributed by atoms with Gasteiger partial charge < -0.3 is 20.6 Å². The average Bonchev–Trinajstić information content (AvgIpc) is 3.28. The van der Waals surface area contributed by atoms with E-state index in [4.69, 9.17) is 0 Å². The third kappa shape index (κ3) is 3.47. The van der Waals surface area contributed by atoms with Crippen molar-refractivity contribution in [2.45, 2.75) is 18.9 Å². The van der Waals surface area contributed by atoms with Crippen molar-refractivity contribution in [3.05, 3.63) is 17.8 Å². The monoisotopic (exact) mass is 361 g/mol. The zero-order chi connectivity index (χ0) is 17.2. The summed E-state index contributed by atoms with van der Waals surface area (Å²) in [6.07, 6.45) is 3.11. The number of nitrogens with one attached hydrogen (secondary N) is 2. The summed E-state index contributed by atoms with van der Waals surface area (Å²) in [4.78, 5) is 24.5. The number of nitrogens with zero attached hydrogens (tertiary/aromatic N) is 3. The molecule has 3 atom stereocenters. The summed E-state index contributed by atoms with van der Waals surface area (Å²) < 4.78 is 0. The quantitative estimate of drug-likeness (QED) is 0.739. The van der Waals surface area contributed by atoms with Crippen LogP contribution in [0.15, 0.2) is 17.8 Å². The summed E-state index contributed by atoms with van der Waals surface area (Å²) in [7, 11) is 0. The second kappa shape index (κ2) is 7.23. The van der Waals surface area contributed by atoms with Crippen LogP contribution in [0.5, 0.6) is 0 Å². The molecule has 2 aliphatic rings.